The molecule has 3 aliphatic rings. The van der Waals surface area contributed by atoms with Crippen LogP contribution in [0.5, 0.6) is 5.75 Å². The Kier molecular flexibility index (Phi) is 5.29. The Balaban J connectivity index is 1.48. The van der Waals surface area contributed by atoms with Crippen molar-refractivity contribution in [1.29, 1.82) is 0 Å². The van der Waals surface area contributed by atoms with E-state index in [4.69, 9.17) is 4.74 Å². The Hall–Kier alpha value is -2.31. The molecule has 4 atom stereocenters. The van der Waals surface area contributed by atoms with Crippen molar-refractivity contribution in [3.8, 4) is 5.75 Å². The van der Waals surface area contributed by atoms with Gasteiger partial charge in [0.15, 0.2) is 0 Å². The van der Waals surface area contributed by atoms with E-state index in [1.54, 1.807) is 6.07 Å². The number of ether oxygens (including phenoxy) is 1. The number of carbonyl (C=O) groups is 1. The van der Waals surface area contributed by atoms with Crippen LogP contribution in [0.3, 0.4) is 0 Å². The van der Waals surface area contributed by atoms with E-state index in [0.29, 0.717) is 18.0 Å². The summed E-state index contributed by atoms with van der Waals surface area (Å²) in [6, 6.07) is 11.4. The van der Waals surface area contributed by atoms with Crippen LogP contribution in [0.25, 0.3) is 0 Å². The molecule has 1 aliphatic carbocycles. The van der Waals surface area contributed by atoms with Gasteiger partial charge in [-0.05, 0) is 55.0 Å². The second kappa shape index (κ2) is 8.08. The van der Waals surface area contributed by atoms with E-state index < -0.39 is 0 Å². The van der Waals surface area contributed by atoms with Crippen molar-refractivity contribution < 1.29 is 14.6 Å². The van der Waals surface area contributed by atoms with Gasteiger partial charge >= 0.3 is 0 Å². The average molecular weight is 469 g/mol. The number of amides is 1. The summed E-state index contributed by atoms with van der Waals surface area (Å²) in [5, 5.41) is 17.2. The smallest absolute Gasteiger partial charge is 0.253 e. The highest BCUT2D eigenvalue weighted by atomic mass is 79.9. The number of fused-ring (bicyclic) bond motifs is 3. The average Bonchev–Trinajstić information content (AvgIpc) is 3.45. The number of phenolic OH excluding ortho intramolecular Hbond substituents is 1. The van der Waals surface area contributed by atoms with Crippen molar-refractivity contribution in [2.75, 3.05) is 18.5 Å². The van der Waals surface area contributed by atoms with Crippen LogP contribution in [-0.2, 0) is 4.74 Å². The largest absolute Gasteiger partial charge is 0.508 e. The van der Waals surface area contributed by atoms with Crippen LogP contribution in [0.4, 0.5) is 5.69 Å². The summed E-state index contributed by atoms with van der Waals surface area (Å²) in [5.74, 6) is 0.691. The van der Waals surface area contributed by atoms with Crippen LogP contribution in [-0.4, -0.2) is 30.3 Å². The van der Waals surface area contributed by atoms with E-state index in [1.165, 1.54) is 0 Å². The Bertz CT molecular complexity index is 1000. The molecule has 2 aromatic carbocycles. The molecule has 1 amide bonds. The van der Waals surface area contributed by atoms with Gasteiger partial charge in [0.25, 0.3) is 5.91 Å². The number of nitrogens with one attached hydrogen (secondary N) is 2. The fourth-order valence-electron chi connectivity index (χ4n) is 5.00. The summed E-state index contributed by atoms with van der Waals surface area (Å²) in [7, 11) is 0. The predicted octanol–water partition coefficient (Wildman–Crippen LogP) is 4.89. The number of hydrogen-bond donors (Lipinski definition) is 3. The number of para-hydroxylation sites is 1. The number of anilines is 1. The van der Waals surface area contributed by atoms with Crippen LogP contribution in [0.1, 0.15) is 52.7 Å². The van der Waals surface area contributed by atoms with Crippen molar-refractivity contribution in [2.24, 2.45) is 5.92 Å². The highest BCUT2D eigenvalue weighted by Crippen LogP contribution is 2.52. The first-order chi connectivity index (χ1) is 14.6. The fraction of sp³-hybridized carbons (Fsp3) is 0.375. The number of benzene rings is 2. The van der Waals surface area contributed by atoms with Crippen molar-refractivity contribution in [3.63, 3.8) is 0 Å². The van der Waals surface area contributed by atoms with Crippen LogP contribution in [0.15, 0.2) is 53.0 Å². The molecular formula is C24H25BrN2O3. The molecule has 0 spiro atoms. The lowest BCUT2D eigenvalue weighted by Crippen LogP contribution is -2.34. The van der Waals surface area contributed by atoms with E-state index in [0.717, 1.165) is 47.2 Å². The molecule has 30 heavy (non-hydrogen) atoms. The van der Waals surface area contributed by atoms with Gasteiger partial charge in [-0.15, -0.1) is 0 Å². The molecular weight excluding hydrogens is 444 g/mol. The summed E-state index contributed by atoms with van der Waals surface area (Å²) in [4.78, 5) is 13.0. The van der Waals surface area contributed by atoms with Gasteiger partial charge < -0.3 is 20.5 Å². The first-order valence-corrected chi connectivity index (χ1v) is 11.4. The third-order valence-corrected chi connectivity index (χ3v) is 6.97. The van der Waals surface area contributed by atoms with Crippen molar-refractivity contribution in [2.45, 2.75) is 37.3 Å². The lowest BCUT2D eigenvalue weighted by Gasteiger charge is -2.38. The van der Waals surface area contributed by atoms with Gasteiger partial charge in [-0.25, -0.2) is 0 Å². The van der Waals surface area contributed by atoms with Crippen LogP contribution in [0, 0.1) is 5.92 Å². The van der Waals surface area contributed by atoms with Gasteiger partial charge in [-0.2, -0.15) is 0 Å². The van der Waals surface area contributed by atoms with Gasteiger partial charge in [0.05, 0.1) is 23.4 Å². The number of rotatable bonds is 4. The van der Waals surface area contributed by atoms with Gasteiger partial charge in [0, 0.05) is 29.1 Å². The summed E-state index contributed by atoms with van der Waals surface area (Å²) < 4.78 is 6.56. The minimum Gasteiger partial charge on any atom is -0.508 e. The molecule has 2 heterocycles. The Morgan fingerprint density at radius 1 is 1.27 bits per heavy atom. The van der Waals surface area contributed by atoms with Crippen LogP contribution < -0.4 is 10.6 Å². The van der Waals surface area contributed by atoms with E-state index >= 15 is 0 Å². The molecule has 0 bridgehead atoms. The molecule has 2 aliphatic heterocycles. The van der Waals surface area contributed by atoms with E-state index in [9.17, 15) is 9.90 Å². The molecule has 0 radical (unpaired) electrons. The number of hydrogen-bond acceptors (Lipinski definition) is 4. The topological polar surface area (TPSA) is 70.6 Å². The van der Waals surface area contributed by atoms with E-state index in [-0.39, 0.29) is 29.7 Å². The fourth-order valence-corrected chi connectivity index (χ4v) is 5.38. The standard InChI is InChI=1S/C24H25BrN2O3/c25-14-9-10-21(28)20(12-14)23-18-6-1-5-16(18)17-7-2-8-19(22(17)27-23)24(29)26-13-15-4-3-11-30-15/h1-2,5,7-10,12,15-16,18,23,27-28H,3-4,6,11,13H2,(H,26,29). The number of phenols is 1. The van der Waals surface area contributed by atoms with Gasteiger partial charge in [0.1, 0.15) is 5.75 Å². The van der Waals surface area contributed by atoms with Gasteiger partial charge in [-0.1, -0.05) is 40.2 Å². The Morgan fingerprint density at radius 3 is 3.00 bits per heavy atom. The SMILES string of the molecule is O=C(NCC1CCCO1)c1cccc2c1NC(c1cc(Br)ccc1O)C1CC=CC21. The molecule has 6 heteroatoms. The first kappa shape index (κ1) is 19.6. The number of carbonyl (C=O) groups excluding carboxylic acids is 1. The predicted molar refractivity (Wildman–Crippen MR) is 120 cm³/mol. The highest BCUT2D eigenvalue weighted by Gasteiger charge is 2.40. The lowest BCUT2D eigenvalue weighted by molar-refractivity contribution is 0.0858. The number of halogens is 1. The highest BCUT2D eigenvalue weighted by molar-refractivity contribution is 9.10. The summed E-state index contributed by atoms with van der Waals surface area (Å²) in [6.07, 6.45) is 7.53. The minimum absolute atomic E-state index is 0.0814. The first-order valence-electron chi connectivity index (χ1n) is 10.6. The quantitative estimate of drug-likeness (QED) is 0.558. The van der Waals surface area contributed by atoms with Crippen molar-refractivity contribution >= 4 is 27.5 Å². The molecule has 0 saturated carbocycles. The molecule has 2 aromatic rings. The summed E-state index contributed by atoms with van der Waals surface area (Å²) >= 11 is 3.53. The molecule has 1 fully saturated rings. The minimum atomic E-state index is -0.0903. The molecule has 5 nitrogen and oxygen atoms in total. The maximum absolute atomic E-state index is 13.0. The third-order valence-electron chi connectivity index (χ3n) is 6.48. The maximum atomic E-state index is 13.0. The monoisotopic (exact) mass is 468 g/mol. The Labute approximate surface area is 184 Å². The van der Waals surface area contributed by atoms with Crippen molar-refractivity contribution in [1.82, 2.24) is 5.32 Å². The zero-order valence-corrected chi connectivity index (χ0v) is 18.2. The molecule has 156 valence electrons. The zero-order valence-electron chi connectivity index (χ0n) is 16.6. The van der Waals surface area contributed by atoms with Gasteiger partial charge in [0.2, 0.25) is 0 Å². The van der Waals surface area contributed by atoms with E-state index in [2.05, 4.69) is 44.8 Å². The van der Waals surface area contributed by atoms with E-state index in [1.807, 2.05) is 24.3 Å². The molecule has 0 aromatic heterocycles. The third kappa shape index (κ3) is 3.52. The second-order valence-corrected chi connectivity index (χ2v) is 9.21. The molecule has 4 unspecified atom stereocenters. The number of allylic oxidation sites excluding steroid dienone is 2. The van der Waals surface area contributed by atoms with Crippen LogP contribution in [0.2, 0.25) is 0 Å². The van der Waals surface area contributed by atoms with Crippen molar-refractivity contribution in [3.05, 3.63) is 69.7 Å². The summed E-state index contributed by atoms with van der Waals surface area (Å²) in [6.45, 7) is 1.31. The van der Waals surface area contributed by atoms with Crippen LogP contribution >= 0.6 is 15.9 Å². The molecule has 1 saturated heterocycles. The maximum Gasteiger partial charge on any atom is 0.253 e. The number of aromatic hydroxyl groups is 1. The molecule has 3 N–H and O–H groups in total. The lowest BCUT2D eigenvalue weighted by atomic mass is 9.76. The van der Waals surface area contributed by atoms with Gasteiger partial charge in [-0.3, -0.25) is 4.79 Å². The normalized spacial score (nSPS) is 26.7. The second-order valence-electron chi connectivity index (χ2n) is 8.29. The summed E-state index contributed by atoms with van der Waals surface area (Å²) in [5.41, 5.74) is 3.50. The molecule has 5 rings (SSSR count). The zero-order chi connectivity index (χ0) is 20.7. The Morgan fingerprint density at radius 2 is 2.17 bits per heavy atom.